The van der Waals surface area contributed by atoms with Gasteiger partial charge in [0.15, 0.2) is 0 Å². The zero-order valence-corrected chi connectivity index (χ0v) is 15.9. The minimum atomic E-state index is 0.241. The Morgan fingerprint density at radius 3 is 1.80 bits per heavy atom. The Morgan fingerprint density at radius 2 is 1.40 bits per heavy atom. The van der Waals surface area contributed by atoms with Gasteiger partial charge in [0, 0.05) is 27.9 Å². The van der Waals surface area contributed by atoms with E-state index in [0.717, 1.165) is 0 Å². The van der Waals surface area contributed by atoms with Gasteiger partial charge in [-0.1, -0.05) is 61.3 Å². The van der Waals surface area contributed by atoms with Gasteiger partial charge in [0.2, 0.25) is 21.1 Å². The van der Waals surface area contributed by atoms with Gasteiger partial charge in [0.05, 0.1) is 0 Å². The molecular formula is C18H31S2+. The molecule has 2 heteroatoms. The highest BCUT2D eigenvalue weighted by atomic mass is 32.2. The lowest BCUT2D eigenvalue weighted by Crippen LogP contribution is -2.14. The molecule has 1 aromatic heterocycles. The van der Waals surface area contributed by atoms with E-state index in [0.29, 0.717) is 0 Å². The molecule has 0 saturated carbocycles. The third-order valence-electron chi connectivity index (χ3n) is 3.26. The minimum Gasteiger partial charge on any atom is -0.126 e. The van der Waals surface area contributed by atoms with Crippen LogP contribution in [-0.2, 0) is 10.8 Å². The molecule has 0 aromatic carbocycles. The Morgan fingerprint density at radius 1 is 0.900 bits per heavy atom. The van der Waals surface area contributed by atoms with E-state index in [9.17, 15) is 0 Å². The largest absolute Gasteiger partial charge is 0.219 e. The van der Waals surface area contributed by atoms with Crippen molar-refractivity contribution >= 4 is 23.1 Å². The van der Waals surface area contributed by atoms with Gasteiger partial charge in [-0.05, 0) is 12.2 Å². The number of rotatable bonds is 5. The Labute approximate surface area is 134 Å². The molecule has 0 bridgehead atoms. The van der Waals surface area contributed by atoms with Crippen LogP contribution >= 0.6 is 23.1 Å². The van der Waals surface area contributed by atoms with E-state index in [1.807, 2.05) is 23.1 Å². The van der Waals surface area contributed by atoms with Crippen LogP contribution in [0.1, 0.15) is 77.5 Å². The number of thioether (sulfide) groups is 1. The first kappa shape index (κ1) is 18.0. The van der Waals surface area contributed by atoms with Crippen molar-refractivity contribution in [3.8, 4) is 0 Å². The molecule has 0 N–H and O–H groups in total. The summed E-state index contributed by atoms with van der Waals surface area (Å²) < 4.78 is 0. The molecule has 0 saturated heterocycles. The average molecular weight is 312 g/mol. The molecule has 0 aliphatic rings. The van der Waals surface area contributed by atoms with Crippen molar-refractivity contribution in [2.45, 2.75) is 83.5 Å². The van der Waals surface area contributed by atoms with E-state index in [-0.39, 0.29) is 10.8 Å². The molecule has 0 aliphatic carbocycles. The van der Waals surface area contributed by atoms with Gasteiger partial charge in [-0.25, -0.2) is 0 Å². The molecule has 0 unspecified atom stereocenters. The van der Waals surface area contributed by atoms with Crippen molar-refractivity contribution < 1.29 is 0 Å². The average Bonchev–Trinajstić information content (AvgIpc) is 2.32. The molecule has 0 atom stereocenters. The first-order valence-corrected chi connectivity index (χ1v) is 9.56. The molecule has 0 aliphatic heterocycles. The first-order valence-electron chi connectivity index (χ1n) is 7.76. The van der Waals surface area contributed by atoms with Crippen LogP contribution in [0.15, 0.2) is 17.0 Å². The molecule has 0 radical (unpaired) electrons. The monoisotopic (exact) mass is 311 g/mol. The van der Waals surface area contributed by atoms with E-state index >= 15 is 0 Å². The fourth-order valence-electron chi connectivity index (χ4n) is 1.84. The molecule has 114 valence electrons. The SMILES string of the molecule is CCCCCSc1cc(C(C)(C)C)[s+]c(C(C)(C)C)c1. The van der Waals surface area contributed by atoms with Crippen LogP contribution in [0.2, 0.25) is 0 Å². The molecule has 0 spiro atoms. The van der Waals surface area contributed by atoms with Crippen molar-refractivity contribution in [3.63, 3.8) is 0 Å². The molecule has 1 heterocycles. The zero-order chi connectivity index (χ0) is 15.4. The van der Waals surface area contributed by atoms with Crippen molar-refractivity contribution in [3.05, 3.63) is 21.9 Å². The standard InChI is InChI=1S/C18H31S2/c1-8-9-10-11-19-14-12-15(17(2,3)4)20-16(13-14)18(5,6)7/h12-13H,8-11H2,1-7H3/q+1. The number of unbranched alkanes of at least 4 members (excludes halogenated alkanes) is 2. The lowest BCUT2D eigenvalue weighted by atomic mass is 9.93. The molecule has 1 rings (SSSR count). The van der Waals surface area contributed by atoms with E-state index in [2.05, 4.69) is 60.6 Å². The lowest BCUT2D eigenvalue weighted by Gasteiger charge is -2.16. The fourth-order valence-corrected chi connectivity index (χ4v) is 4.20. The third-order valence-corrected chi connectivity index (χ3v) is 6.22. The molecule has 20 heavy (non-hydrogen) atoms. The van der Waals surface area contributed by atoms with Gasteiger partial charge in [0.25, 0.3) is 0 Å². The Bertz CT molecular complexity index is 390. The van der Waals surface area contributed by atoms with Gasteiger partial charge in [-0.15, -0.1) is 11.8 Å². The normalized spacial score (nSPS) is 12.8. The lowest BCUT2D eigenvalue weighted by molar-refractivity contribution is 0.590. The highest BCUT2D eigenvalue weighted by molar-refractivity contribution is 7.99. The first-order chi connectivity index (χ1) is 9.14. The number of hydrogen-bond donors (Lipinski definition) is 0. The second-order valence-corrected chi connectivity index (χ2v) is 9.83. The topological polar surface area (TPSA) is 0 Å². The van der Waals surface area contributed by atoms with Crippen LogP contribution in [0.5, 0.6) is 0 Å². The maximum atomic E-state index is 2.41. The molecule has 0 nitrogen and oxygen atoms in total. The molecule has 0 amide bonds. The second kappa shape index (κ2) is 7.26. The summed E-state index contributed by atoms with van der Waals surface area (Å²) in [5.74, 6) is 1.25. The maximum Gasteiger partial charge on any atom is 0.219 e. The smallest absolute Gasteiger partial charge is 0.126 e. The van der Waals surface area contributed by atoms with Crippen molar-refractivity contribution in [2.24, 2.45) is 0 Å². The summed E-state index contributed by atoms with van der Waals surface area (Å²) in [5.41, 5.74) is 0.481. The Kier molecular flexibility index (Phi) is 6.53. The number of hydrogen-bond acceptors (Lipinski definition) is 1. The maximum absolute atomic E-state index is 2.41. The fraction of sp³-hybridized carbons (Fsp3) is 0.722. The van der Waals surface area contributed by atoms with Crippen molar-refractivity contribution in [1.29, 1.82) is 0 Å². The van der Waals surface area contributed by atoms with Crippen LogP contribution in [0.25, 0.3) is 0 Å². The van der Waals surface area contributed by atoms with Crippen LogP contribution in [0.3, 0.4) is 0 Å². The Balaban J connectivity index is 2.99. The summed E-state index contributed by atoms with van der Waals surface area (Å²) in [4.78, 5) is 4.46. The van der Waals surface area contributed by atoms with Gasteiger partial charge in [-0.3, -0.25) is 0 Å². The summed E-state index contributed by atoms with van der Waals surface area (Å²) in [7, 11) is 0. The van der Waals surface area contributed by atoms with Crippen molar-refractivity contribution in [1.82, 2.24) is 0 Å². The summed E-state index contributed by atoms with van der Waals surface area (Å²) in [5, 5.41) is 0. The minimum absolute atomic E-state index is 0.241. The van der Waals surface area contributed by atoms with Crippen LogP contribution < -0.4 is 0 Å². The van der Waals surface area contributed by atoms with Gasteiger partial charge in [0.1, 0.15) is 0 Å². The predicted molar refractivity (Wildman–Crippen MR) is 96.4 cm³/mol. The quantitative estimate of drug-likeness (QED) is 0.323. The van der Waals surface area contributed by atoms with E-state index in [1.54, 1.807) is 0 Å². The van der Waals surface area contributed by atoms with Gasteiger partial charge >= 0.3 is 0 Å². The zero-order valence-electron chi connectivity index (χ0n) is 14.3. The third kappa shape index (κ3) is 5.73. The van der Waals surface area contributed by atoms with E-state index in [1.165, 1.54) is 39.7 Å². The summed E-state index contributed by atoms with van der Waals surface area (Å²) in [6, 6.07) is 4.83. The Hall–Kier alpha value is -0.0800. The van der Waals surface area contributed by atoms with Crippen LogP contribution in [0.4, 0.5) is 0 Å². The predicted octanol–water partition coefficient (Wildman–Crippen LogP) is 6.91. The molecular weight excluding hydrogens is 280 g/mol. The van der Waals surface area contributed by atoms with Gasteiger partial charge in [-0.2, -0.15) is 0 Å². The van der Waals surface area contributed by atoms with Crippen LogP contribution in [0, 0.1) is 0 Å². The summed E-state index contributed by atoms with van der Waals surface area (Å²) >= 11 is 4.01. The molecule has 1 aromatic rings. The summed E-state index contributed by atoms with van der Waals surface area (Å²) in [6.45, 7) is 16.2. The van der Waals surface area contributed by atoms with Gasteiger partial charge < -0.3 is 0 Å². The van der Waals surface area contributed by atoms with E-state index in [4.69, 9.17) is 0 Å². The molecule has 0 fully saturated rings. The van der Waals surface area contributed by atoms with Crippen LogP contribution in [-0.4, -0.2) is 5.75 Å². The second-order valence-electron chi connectivity index (χ2n) is 7.58. The van der Waals surface area contributed by atoms with E-state index < -0.39 is 0 Å². The highest BCUT2D eigenvalue weighted by Crippen LogP contribution is 2.37. The summed E-state index contributed by atoms with van der Waals surface area (Å²) in [6.07, 6.45) is 3.98. The highest BCUT2D eigenvalue weighted by Gasteiger charge is 2.31. The van der Waals surface area contributed by atoms with Crippen molar-refractivity contribution in [2.75, 3.05) is 5.75 Å².